The lowest BCUT2D eigenvalue weighted by Gasteiger charge is -2.14. The average molecular weight is 489 g/mol. The summed E-state index contributed by atoms with van der Waals surface area (Å²) in [5.41, 5.74) is 1.20. The molecule has 0 saturated carbocycles. The second-order valence-electron chi connectivity index (χ2n) is 7.30. The Morgan fingerprint density at radius 1 is 1.18 bits per heavy atom. The van der Waals surface area contributed by atoms with Gasteiger partial charge in [0.2, 0.25) is 5.91 Å². The number of nitrogens with zero attached hydrogens (tertiary/aromatic N) is 1. The Morgan fingerprint density at radius 2 is 1.91 bits per heavy atom. The highest BCUT2D eigenvalue weighted by molar-refractivity contribution is 8.18. The zero-order valence-corrected chi connectivity index (χ0v) is 20.2. The predicted octanol–water partition coefficient (Wildman–Crippen LogP) is 5.59. The van der Waals surface area contributed by atoms with Crippen LogP contribution in [-0.2, 0) is 9.59 Å². The summed E-state index contributed by atoms with van der Waals surface area (Å²) in [5.74, 6) is 0.244. The number of amides is 3. The van der Waals surface area contributed by atoms with Crippen LogP contribution in [-0.4, -0.2) is 41.2 Å². The van der Waals surface area contributed by atoms with E-state index in [1.165, 1.54) is 0 Å². The van der Waals surface area contributed by atoms with Crippen molar-refractivity contribution in [2.45, 2.75) is 33.3 Å². The van der Waals surface area contributed by atoms with Crippen molar-refractivity contribution in [2.24, 2.45) is 0 Å². The molecule has 33 heavy (non-hydrogen) atoms. The smallest absolute Gasteiger partial charge is 0.294 e. The van der Waals surface area contributed by atoms with Gasteiger partial charge in [-0.25, -0.2) is 0 Å². The first-order valence-corrected chi connectivity index (χ1v) is 11.7. The molecule has 1 aliphatic rings. The number of halogens is 1. The lowest BCUT2D eigenvalue weighted by molar-refractivity contribution is -0.127. The molecule has 0 spiro atoms. The second kappa shape index (κ2) is 11.2. The van der Waals surface area contributed by atoms with Crippen LogP contribution in [0.15, 0.2) is 47.4 Å². The Kier molecular flexibility index (Phi) is 8.41. The monoisotopic (exact) mass is 488 g/mol. The SMILES string of the molecule is CCOc1ccc(NC(=O)CN2C(=O)S/C(=C\c3ccc(O[C@@H](C)CC)c(Cl)c3)C2=O)cc1. The van der Waals surface area contributed by atoms with Crippen molar-refractivity contribution in [3.63, 3.8) is 0 Å². The normalized spacial score (nSPS) is 15.6. The van der Waals surface area contributed by atoms with Crippen molar-refractivity contribution < 1.29 is 23.9 Å². The number of benzene rings is 2. The minimum atomic E-state index is -0.525. The summed E-state index contributed by atoms with van der Waals surface area (Å²) in [6.07, 6.45) is 2.45. The van der Waals surface area contributed by atoms with E-state index in [4.69, 9.17) is 21.1 Å². The summed E-state index contributed by atoms with van der Waals surface area (Å²) in [5, 5.41) is 2.59. The third-order valence-electron chi connectivity index (χ3n) is 4.78. The van der Waals surface area contributed by atoms with E-state index >= 15 is 0 Å². The van der Waals surface area contributed by atoms with Crippen LogP contribution in [0.3, 0.4) is 0 Å². The number of carbonyl (C=O) groups excluding carboxylic acids is 3. The van der Waals surface area contributed by atoms with Gasteiger partial charge in [-0.1, -0.05) is 24.6 Å². The highest BCUT2D eigenvalue weighted by Gasteiger charge is 2.36. The highest BCUT2D eigenvalue weighted by Crippen LogP contribution is 2.34. The van der Waals surface area contributed by atoms with E-state index in [1.54, 1.807) is 48.5 Å². The fourth-order valence-electron chi connectivity index (χ4n) is 2.94. The first-order chi connectivity index (χ1) is 15.8. The fraction of sp³-hybridized carbons (Fsp3) is 0.292. The molecule has 174 valence electrons. The molecule has 1 atom stereocenters. The van der Waals surface area contributed by atoms with Gasteiger partial charge in [-0.15, -0.1) is 0 Å². The molecule has 1 fully saturated rings. The maximum atomic E-state index is 12.7. The van der Waals surface area contributed by atoms with E-state index in [0.717, 1.165) is 23.1 Å². The maximum absolute atomic E-state index is 12.7. The summed E-state index contributed by atoms with van der Waals surface area (Å²) >= 11 is 7.08. The molecule has 3 amide bonds. The average Bonchev–Trinajstić information content (AvgIpc) is 3.04. The number of thioether (sulfide) groups is 1. The highest BCUT2D eigenvalue weighted by atomic mass is 35.5. The van der Waals surface area contributed by atoms with Crippen LogP contribution in [0.5, 0.6) is 11.5 Å². The minimum absolute atomic E-state index is 0.0265. The van der Waals surface area contributed by atoms with Crippen LogP contribution < -0.4 is 14.8 Å². The molecule has 3 rings (SSSR count). The summed E-state index contributed by atoms with van der Waals surface area (Å²) in [7, 11) is 0. The van der Waals surface area contributed by atoms with Gasteiger partial charge >= 0.3 is 0 Å². The second-order valence-corrected chi connectivity index (χ2v) is 8.70. The Morgan fingerprint density at radius 3 is 2.55 bits per heavy atom. The molecular formula is C24H25ClN2O5S. The largest absolute Gasteiger partial charge is 0.494 e. The van der Waals surface area contributed by atoms with Crippen molar-refractivity contribution in [2.75, 3.05) is 18.5 Å². The number of hydrogen-bond acceptors (Lipinski definition) is 6. The molecule has 1 aliphatic heterocycles. The summed E-state index contributed by atoms with van der Waals surface area (Å²) < 4.78 is 11.1. The minimum Gasteiger partial charge on any atom is -0.494 e. The number of carbonyl (C=O) groups is 3. The zero-order chi connectivity index (χ0) is 24.0. The van der Waals surface area contributed by atoms with E-state index < -0.39 is 17.1 Å². The van der Waals surface area contributed by atoms with E-state index in [1.807, 2.05) is 20.8 Å². The Hall–Kier alpha value is -2.97. The van der Waals surface area contributed by atoms with E-state index in [2.05, 4.69) is 5.32 Å². The van der Waals surface area contributed by atoms with Crippen molar-refractivity contribution in [3.8, 4) is 11.5 Å². The van der Waals surface area contributed by atoms with Gasteiger partial charge in [-0.05, 0) is 80.1 Å². The third kappa shape index (κ3) is 6.52. The van der Waals surface area contributed by atoms with Gasteiger partial charge in [0, 0.05) is 5.69 Å². The Balaban J connectivity index is 1.64. The molecule has 9 heteroatoms. The molecule has 0 aliphatic carbocycles. The van der Waals surface area contributed by atoms with Crippen LogP contribution >= 0.6 is 23.4 Å². The van der Waals surface area contributed by atoms with Gasteiger partial charge in [-0.2, -0.15) is 0 Å². The molecule has 0 aromatic heterocycles. The Labute approximate surface area is 202 Å². The zero-order valence-electron chi connectivity index (χ0n) is 18.6. The molecular weight excluding hydrogens is 464 g/mol. The quantitative estimate of drug-likeness (QED) is 0.463. The number of rotatable bonds is 9. The van der Waals surface area contributed by atoms with Crippen LogP contribution in [0.1, 0.15) is 32.8 Å². The molecule has 7 nitrogen and oxygen atoms in total. The third-order valence-corrected chi connectivity index (χ3v) is 5.98. The van der Waals surface area contributed by atoms with E-state index in [9.17, 15) is 14.4 Å². The number of anilines is 1. The lowest BCUT2D eigenvalue weighted by Crippen LogP contribution is -2.36. The van der Waals surface area contributed by atoms with Crippen LogP contribution in [0.2, 0.25) is 5.02 Å². The summed E-state index contributed by atoms with van der Waals surface area (Å²) in [4.78, 5) is 38.6. The lowest BCUT2D eigenvalue weighted by atomic mass is 10.2. The molecule has 1 saturated heterocycles. The number of ether oxygens (including phenoxy) is 2. The van der Waals surface area contributed by atoms with E-state index in [-0.39, 0.29) is 17.6 Å². The van der Waals surface area contributed by atoms with Crippen molar-refractivity contribution in [3.05, 3.63) is 58.0 Å². The standard InChI is InChI=1S/C24H25ClN2O5S/c1-4-15(3)32-20-11-6-16(12-19(20)25)13-21-23(29)27(24(30)33-21)14-22(28)26-17-7-9-18(10-8-17)31-5-2/h6-13,15H,4-5,14H2,1-3H3,(H,26,28)/b21-13-/t15-/m0/s1. The topological polar surface area (TPSA) is 84.9 Å². The molecule has 0 bridgehead atoms. The van der Waals surface area contributed by atoms with Crippen LogP contribution in [0.25, 0.3) is 6.08 Å². The molecule has 1 heterocycles. The van der Waals surface area contributed by atoms with Gasteiger partial charge in [0.1, 0.15) is 18.0 Å². The molecule has 2 aromatic carbocycles. The maximum Gasteiger partial charge on any atom is 0.294 e. The van der Waals surface area contributed by atoms with E-state index in [0.29, 0.717) is 34.4 Å². The van der Waals surface area contributed by atoms with Crippen molar-refractivity contribution in [1.29, 1.82) is 0 Å². The van der Waals surface area contributed by atoms with Gasteiger partial charge in [0.15, 0.2) is 0 Å². The molecule has 2 aromatic rings. The van der Waals surface area contributed by atoms with Gasteiger partial charge < -0.3 is 14.8 Å². The van der Waals surface area contributed by atoms with Gasteiger partial charge in [-0.3, -0.25) is 19.3 Å². The summed E-state index contributed by atoms with van der Waals surface area (Å²) in [6.45, 7) is 6.01. The number of imide groups is 1. The molecule has 0 radical (unpaired) electrons. The predicted molar refractivity (Wildman–Crippen MR) is 131 cm³/mol. The number of nitrogens with one attached hydrogen (secondary N) is 1. The molecule has 0 unspecified atom stereocenters. The molecule has 1 N–H and O–H groups in total. The van der Waals surface area contributed by atoms with Crippen LogP contribution in [0, 0.1) is 0 Å². The van der Waals surface area contributed by atoms with Crippen molar-refractivity contribution in [1.82, 2.24) is 4.90 Å². The fourth-order valence-corrected chi connectivity index (χ4v) is 4.01. The first kappa shape index (κ1) is 24.7. The summed E-state index contributed by atoms with van der Waals surface area (Å²) in [6, 6.07) is 12.0. The van der Waals surface area contributed by atoms with Gasteiger partial charge in [0.05, 0.1) is 22.6 Å². The Bertz CT molecular complexity index is 1070. The number of hydrogen-bond donors (Lipinski definition) is 1. The van der Waals surface area contributed by atoms with Crippen molar-refractivity contribution >= 4 is 52.2 Å². The van der Waals surface area contributed by atoms with Gasteiger partial charge in [0.25, 0.3) is 11.1 Å². The first-order valence-electron chi connectivity index (χ1n) is 10.5. The van der Waals surface area contributed by atoms with Crippen LogP contribution in [0.4, 0.5) is 10.5 Å².